The number of furan rings is 1. The third kappa shape index (κ3) is 2.74. The van der Waals surface area contributed by atoms with Gasteiger partial charge in [-0.15, -0.1) is 0 Å². The molecule has 1 aliphatic rings. The molecular formula is C22H20N6O. The molecule has 0 unspecified atom stereocenters. The highest BCUT2D eigenvalue weighted by molar-refractivity contribution is 5.99. The summed E-state index contributed by atoms with van der Waals surface area (Å²) in [6.07, 6.45) is 9.40. The summed E-state index contributed by atoms with van der Waals surface area (Å²) < 4.78 is 5.27. The minimum atomic E-state index is 0.500. The zero-order valence-corrected chi connectivity index (χ0v) is 15.8. The lowest BCUT2D eigenvalue weighted by atomic mass is 9.93. The van der Waals surface area contributed by atoms with E-state index in [-0.39, 0.29) is 0 Å². The zero-order valence-electron chi connectivity index (χ0n) is 15.8. The van der Waals surface area contributed by atoms with E-state index in [0.29, 0.717) is 5.92 Å². The predicted molar refractivity (Wildman–Crippen MR) is 112 cm³/mol. The van der Waals surface area contributed by atoms with Crippen molar-refractivity contribution in [2.24, 2.45) is 0 Å². The SMILES string of the molecule is c1cc(-c2ccoc2)c2cc(-c3n[nH]c4cnc(C5CCNCC5)cc34)[nH]c2n1. The van der Waals surface area contributed by atoms with Crippen LogP contribution >= 0.6 is 0 Å². The van der Waals surface area contributed by atoms with Gasteiger partial charge in [-0.2, -0.15) is 5.10 Å². The van der Waals surface area contributed by atoms with Crippen molar-refractivity contribution >= 4 is 21.9 Å². The van der Waals surface area contributed by atoms with E-state index in [9.17, 15) is 0 Å². The lowest BCUT2D eigenvalue weighted by Gasteiger charge is -2.22. The molecule has 5 aromatic rings. The topological polar surface area (TPSA) is 95.4 Å². The largest absolute Gasteiger partial charge is 0.472 e. The first-order valence-corrected chi connectivity index (χ1v) is 9.92. The molecule has 7 heteroatoms. The second-order valence-electron chi connectivity index (χ2n) is 7.57. The Balaban J connectivity index is 1.48. The predicted octanol–water partition coefficient (Wildman–Crippen LogP) is 4.23. The Morgan fingerprint density at radius 1 is 1.03 bits per heavy atom. The number of rotatable bonds is 3. The molecule has 1 saturated heterocycles. The van der Waals surface area contributed by atoms with Crippen LogP contribution in [-0.2, 0) is 0 Å². The maximum absolute atomic E-state index is 5.27. The molecule has 29 heavy (non-hydrogen) atoms. The molecule has 0 saturated carbocycles. The van der Waals surface area contributed by atoms with Crippen molar-refractivity contribution in [2.45, 2.75) is 18.8 Å². The third-order valence-electron chi connectivity index (χ3n) is 5.84. The van der Waals surface area contributed by atoms with Gasteiger partial charge in [-0.1, -0.05) is 0 Å². The van der Waals surface area contributed by atoms with E-state index in [0.717, 1.165) is 76.1 Å². The Kier molecular flexibility index (Phi) is 3.73. The first-order chi connectivity index (χ1) is 14.4. The highest BCUT2D eigenvalue weighted by Crippen LogP contribution is 2.34. The summed E-state index contributed by atoms with van der Waals surface area (Å²) in [6, 6.07) is 8.28. The summed E-state index contributed by atoms with van der Waals surface area (Å²) in [5, 5.41) is 13.3. The van der Waals surface area contributed by atoms with Gasteiger partial charge in [0.1, 0.15) is 11.3 Å². The first-order valence-electron chi connectivity index (χ1n) is 9.92. The molecule has 6 rings (SSSR count). The van der Waals surface area contributed by atoms with Crippen LogP contribution < -0.4 is 5.32 Å². The smallest absolute Gasteiger partial charge is 0.138 e. The average molecular weight is 384 g/mol. The van der Waals surface area contributed by atoms with E-state index in [2.05, 4.69) is 37.6 Å². The van der Waals surface area contributed by atoms with Gasteiger partial charge < -0.3 is 14.7 Å². The molecule has 0 aliphatic carbocycles. The number of fused-ring (bicyclic) bond motifs is 2. The van der Waals surface area contributed by atoms with Crippen molar-refractivity contribution in [1.29, 1.82) is 0 Å². The highest BCUT2D eigenvalue weighted by Gasteiger charge is 2.19. The molecule has 7 nitrogen and oxygen atoms in total. The maximum Gasteiger partial charge on any atom is 0.138 e. The minimum Gasteiger partial charge on any atom is -0.472 e. The van der Waals surface area contributed by atoms with Crippen LogP contribution in [0.5, 0.6) is 0 Å². The lowest BCUT2D eigenvalue weighted by Crippen LogP contribution is -2.27. The summed E-state index contributed by atoms with van der Waals surface area (Å²) in [5.74, 6) is 0.500. The van der Waals surface area contributed by atoms with Crippen LogP contribution in [0.2, 0.25) is 0 Å². The van der Waals surface area contributed by atoms with Gasteiger partial charge in [-0.05, 0) is 55.8 Å². The quantitative estimate of drug-likeness (QED) is 0.433. The Bertz CT molecular complexity index is 1290. The second-order valence-corrected chi connectivity index (χ2v) is 7.57. The van der Waals surface area contributed by atoms with Crippen molar-refractivity contribution < 1.29 is 4.42 Å². The van der Waals surface area contributed by atoms with Crippen LogP contribution in [0.15, 0.2) is 53.6 Å². The number of hydrogen-bond acceptors (Lipinski definition) is 5. The number of nitrogens with one attached hydrogen (secondary N) is 3. The fourth-order valence-electron chi connectivity index (χ4n) is 4.30. The van der Waals surface area contributed by atoms with Gasteiger partial charge in [0.05, 0.1) is 29.9 Å². The molecule has 0 aromatic carbocycles. The minimum absolute atomic E-state index is 0.500. The number of pyridine rings is 2. The molecule has 5 aromatic heterocycles. The van der Waals surface area contributed by atoms with Gasteiger partial charge >= 0.3 is 0 Å². The van der Waals surface area contributed by atoms with Crippen LogP contribution in [0, 0.1) is 0 Å². The molecule has 0 radical (unpaired) electrons. The Labute approximate surface area is 166 Å². The highest BCUT2D eigenvalue weighted by atomic mass is 16.3. The Hall–Kier alpha value is -3.45. The van der Waals surface area contributed by atoms with Crippen molar-refractivity contribution in [3.63, 3.8) is 0 Å². The van der Waals surface area contributed by atoms with Gasteiger partial charge in [0, 0.05) is 34.1 Å². The normalized spacial score (nSPS) is 15.4. The van der Waals surface area contributed by atoms with Crippen LogP contribution in [-0.4, -0.2) is 38.2 Å². The summed E-state index contributed by atoms with van der Waals surface area (Å²) in [7, 11) is 0. The zero-order chi connectivity index (χ0) is 19.2. The van der Waals surface area contributed by atoms with Crippen molar-refractivity contribution in [3.05, 3.63) is 54.9 Å². The van der Waals surface area contributed by atoms with Gasteiger partial charge in [0.25, 0.3) is 0 Å². The molecule has 0 atom stereocenters. The fraction of sp³-hybridized carbons (Fsp3) is 0.227. The maximum atomic E-state index is 5.27. The van der Waals surface area contributed by atoms with Crippen molar-refractivity contribution in [2.75, 3.05) is 13.1 Å². The van der Waals surface area contributed by atoms with Crippen LogP contribution in [0.1, 0.15) is 24.5 Å². The molecule has 1 fully saturated rings. The molecule has 0 spiro atoms. The monoisotopic (exact) mass is 384 g/mol. The van der Waals surface area contributed by atoms with E-state index in [1.165, 1.54) is 0 Å². The van der Waals surface area contributed by atoms with E-state index in [1.807, 2.05) is 24.5 Å². The van der Waals surface area contributed by atoms with E-state index in [1.54, 1.807) is 12.5 Å². The number of aromatic amines is 2. The number of aromatic nitrogens is 5. The number of H-pyrrole nitrogens is 2. The molecule has 144 valence electrons. The number of piperidine rings is 1. The Morgan fingerprint density at radius 3 is 2.83 bits per heavy atom. The van der Waals surface area contributed by atoms with Gasteiger partial charge in [-0.3, -0.25) is 10.1 Å². The molecular weight excluding hydrogens is 364 g/mol. The molecule has 1 aliphatic heterocycles. The molecule has 3 N–H and O–H groups in total. The molecule has 0 bridgehead atoms. The molecule has 0 amide bonds. The summed E-state index contributed by atoms with van der Waals surface area (Å²) in [4.78, 5) is 12.6. The summed E-state index contributed by atoms with van der Waals surface area (Å²) in [5.41, 5.74) is 6.89. The van der Waals surface area contributed by atoms with E-state index < -0.39 is 0 Å². The van der Waals surface area contributed by atoms with E-state index in [4.69, 9.17) is 9.40 Å². The van der Waals surface area contributed by atoms with Crippen molar-refractivity contribution in [3.8, 4) is 22.5 Å². The van der Waals surface area contributed by atoms with Crippen LogP contribution in [0.4, 0.5) is 0 Å². The summed E-state index contributed by atoms with van der Waals surface area (Å²) in [6.45, 7) is 2.10. The second kappa shape index (κ2) is 6.56. The van der Waals surface area contributed by atoms with Crippen LogP contribution in [0.3, 0.4) is 0 Å². The number of nitrogens with zero attached hydrogens (tertiary/aromatic N) is 3. The van der Waals surface area contributed by atoms with Crippen molar-refractivity contribution in [1.82, 2.24) is 30.5 Å². The van der Waals surface area contributed by atoms with Gasteiger partial charge in [0.2, 0.25) is 0 Å². The first kappa shape index (κ1) is 16.5. The molecule has 6 heterocycles. The lowest BCUT2D eigenvalue weighted by molar-refractivity contribution is 0.453. The van der Waals surface area contributed by atoms with Gasteiger partial charge in [0.15, 0.2) is 0 Å². The fourth-order valence-corrected chi connectivity index (χ4v) is 4.30. The van der Waals surface area contributed by atoms with E-state index >= 15 is 0 Å². The number of hydrogen-bond donors (Lipinski definition) is 3. The van der Waals surface area contributed by atoms with Crippen LogP contribution in [0.25, 0.3) is 44.5 Å². The average Bonchev–Trinajstić information content (AvgIpc) is 3.52. The van der Waals surface area contributed by atoms with Gasteiger partial charge in [-0.25, -0.2) is 4.98 Å². The Morgan fingerprint density at radius 2 is 1.97 bits per heavy atom. The standard InChI is InChI=1S/C22H20N6O/c1-5-23-6-2-13(1)18-10-17-20(11-25-18)27-28-21(17)19-9-16-15(14-4-8-29-12-14)3-7-24-22(16)26-19/h3-4,7-13,23H,1-2,5-6H2,(H,24,26)(H,27,28). The summed E-state index contributed by atoms with van der Waals surface area (Å²) >= 11 is 0. The third-order valence-corrected chi connectivity index (χ3v) is 5.84.